The van der Waals surface area contributed by atoms with Gasteiger partial charge in [0, 0.05) is 29.1 Å². The monoisotopic (exact) mass is 187 g/mol. The molecule has 0 aliphatic heterocycles. The Morgan fingerprint density at radius 2 is 2.21 bits per heavy atom. The fourth-order valence-corrected chi connectivity index (χ4v) is 1.66. The number of rotatable bonds is 2. The zero-order valence-corrected chi connectivity index (χ0v) is 8.42. The van der Waals surface area contributed by atoms with E-state index in [4.69, 9.17) is 0 Å². The fourth-order valence-electron chi connectivity index (χ4n) is 1.66. The summed E-state index contributed by atoms with van der Waals surface area (Å²) < 4.78 is 0. The van der Waals surface area contributed by atoms with E-state index in [2.05, 4.69) is 11.1 Å². The molecule has 0 atom stereocenters. The minimum absolute atomic E-state index is 0.195. The maximum atomic E-state index is 11.6. The summed E-state index contributed by atoms with van der Waals surface area (Å²) in [5.41, 5.74) is 3.05. The molecule has 0 radical (unpaired) electrons. The van der Waals surface area contributed by atoms with E-state index in [0.29, 0.717) is 6.42 Å². The van der Waals surface area contributed by atoms with Crippen LogP contribution in [0.15, 0.2) is 24.4 Å². The fraction of sp³-hybridized carbons (Fsp3) is 0.250. The van der Waals surface area contributed by atoms with Gasteiger partial charge in [0.05, 0.1) is 0 Å². The third kappa shape index (κ3) is 1.33. The van der Waals surface area contributed by atoms with Crippen LogP contribution in [-0.4, -0.2) is 10.8 Å². The van der Waals surface area contributed by atoms with Gasteiger partial charge in [-0.05, 0) is 18.6 Å². The summed E-state index contributed by atoms with van der Waals surface area (Å²) in [4.78, 5) is 14.7. The number of hydrogen-bond acceptors (Lipinski definition) is 1. The highest BCUT2D eigenvalue weighted by Crippen LogP contribution is 2.20. The summed E-state index contributed by atoms with van der Waals surface area (Å²) in [6.45, 7) is 3.93. The SMILES string of the molecule is CCC(=O)c1c[nH]c2cc(C)ccc12. The van der Waals surface area contributed by atoms with Crippen LogP contribution in [0, 0.1) is 6.92 Å². The molecule has 0 amide bonds. The van der Waals surface area contributed by atoms with Crippen molar-refractivity contribution in [1.82, 2.24) is 4.98 Å². The second-order valence-electron chi connectivity index (χ2n) is 3.53. The van der Waals surface area contributed by atoms with Gasteiger partial charge in [0.15, 0.2) is 5.78 Å². The molecule has 0 saturated carbocycles. The van der Waals surface area contributed by atoms with Crippen LogP contribution in [0.4, 0.5) is 0 Å². The molecule has 1 N–H and O–H groups in total. The Morgan fingerprint density at radius 1 is 1.43 bits per heavy atom. The van der Waals surface area contributed by atoms with Crippen LogP contribution in [0.25, 0.3) is 10.9 Å². The summed E-state index contributed by atoms with van der Waals surface area (Å²) in [7, 11) is 0. The molecule has 2 nitrogen and oxygen atoms in total. The van der Waals surface area contributed by atoms with E-state index >= 15 is 0 Å². The summed E-state index contributed by atoms with van der Waals surface area (Å²) >= 11 is 0. The molecule has 1 aromatic carbocycles. The number of Topliss-reactive ketones (excluding diaryl/α,β-unsaturated/α-hetero) is 1. The zero-order valence-electron chi connectivity index (χ0n) is 8.42. The number of hydrogen-bond donors (Lipinski definition) is 1. The molecular weight excluding hydrogens is 174 g/mol. The van der Waals surface area contributed by atoms with Gasteiger partial charge >= 0.3 is 0 Å². The smallest absolute Gasteiger partial charge is 0.164 e. The average Bonchev–Trinajstić information content (AvgIpc) is 2.59. The van der Waals surface area contributed by atoms with Crippen molar-refractivity contribution < 1.29 is 4.79 Å². The molecule has 0 saturated heterocycles. The van der Waals surface area contributed by atoms with Gasteiger partial charge in [-0.1, -0.05) is 19.1 Å². The predicted molar refractivity (Wildman–Crippen MR) is 57.7 cm³/mol. The molecule has 0 unspecified atom stereocenters. The van der Waals surface area contributed by atoms with Gasteiger partial charge in [0.25, 0.3) is 0 Å². The van der Waals surface area contributed by atoms with E-state index in [1.54, 1.807) is 6.20 Å². The number of H-pyrrole nitrogens is 1. The van der Waals surface area contributed by atoms with Crippen molar-refractivity contribution in [2.75, 3.05) is 0 Å². The number of nitrogens with one attached hydrogen (secondary N) is 1. The largest absolute Gasteiger partial charge is 0.360 e. The molecule has 0 aliphatic carbocycles. The van der Waals surface area contributed by atoms with Crippen LogP contribution in [-0.2, 0) is 0 Å². The van der Waals surface area contributed by atoms with Crippen LogP contribution >= 0.6 is 0 Å². The minimum atomic E-state index is 0.195. The molecule has 1 heterocycles. The van der Waals surface area contributed by atoms with E-state index in [9.17, 15) is 4.79 Å². The summed E-state index contributed by atoms with van der Waals surface area (Å²) in [5.74, 6) is 0.195. The predicted octanol–water partition coefficient (Wildman–Crippen LogP) is 3.07. The Balaban J connectivity index is 2.64. The minimum Gasteiger partial charge on any atom is -0.360 e. The summed E-state index contributed by atoms with van der Waals surface area (Å²) in [6, 6.07) is 6.09. The van der Waals surface area contributed by atoms with Gasteiger partial charge in [0.2, 0.25) is 0 Å². The first kappa shape index (κ1) is 9.00. The Labute approximate surface area is 82.9 Å². The highest BCUT2D eigenvalue weighted by atomic mass is 16.1. The van der Waals surface area contributed by atoms with Crippen molar-refractivity contribution in [2.24, 2.45) is 0 Å². The highest BCUT2D eigenvalue weighted by Gasteiger charge is 2.09. The lowest BCUT2D eigenvalue weighted by molar-refractivity contribution is 0.0990. The molecule has 1 aromatic heterocycles. The molecule has 0 bridgehead atoms. The number of aromatic amines is 1. The number of fused-ring (bicyclic) bond motifs is 1. The first-order valence-electron chi connectivity index (χ1n) is 4.83. The van der Waals surface area contributed by atoms with E-state index < -0.39 is 0 Å². The van der Waals surface area contributed by atoms with Crippen molar-refractivity contribution in [3.8, 4) is 0 Å². The Bertz CT molecular complexity index is 482. The Kier molecular flexibility index (Phi) is 2.12. The number of benzene rings is 1. The quantitative estimate of drug-likeness (QED) is 0.720. The third-order valence-electron chi connectivity index (χ3n) is 2.46. The lowest BCUT2D eigenvalue weighted by Crippen LogP contribution is -1.93. The first-order chi connectivity index (χ1) is 6.72. The number of ketones is 1. The number of aromatic nitrogens is 1. The van der Waals surface area contributed by atoms with Crippen LogP contribution in [0.2, 0.25) is 0 Å². The summed E-state index contributed by atoms with van der Waals surface area (Å²) in [6.07, 6.45) is 2.36. The van der Waals surface area contributed by atoms with Crippen LogP contribution in [0.3, 0.4) is 0 Å². The normalized spacial score (nSPS) is 10.7. The number of aryl methyl sites for hydroxylation is 1. The van der Waals surface area contributed by atoms with Crippen LogP contribution < -0.4 is 0 Å². The molecule has 0 aliphatic rings. The van der Waals surface area contributed by atoms with Gasteiger partial charge < -0.3 is 4.98 Å². The highest BCUT2D eigenvalue weighted by molar-refractivity contribution is 6.07. The Morgan fingerprint density at radius 3 is 2.93 bits per heavy atom. The second-order valence-corrected chi connectivity index (χ2v) is 3.53. The van der Waals surface area contributed by atoms with E-state index in [0.717, 1.165) is 16.5 Å². The molecule has 2 heteroatoms. The average molecular weight is 187 g/mol. The standard InChI is InChI=1S/C12H13NO/c1-3-12(14)10-7-13-11-6-8(2)4-5-9(10)11/h4-7,13H,3H2,1-2H3. The molecule has 14 heavy (non-hydrogen) atoms. The maximum Gasteiger partial charge on any atom is 0.164 e. The first-order valence-corrected chi connectivity index (χ1v) is 4.83. The molecular formula is C12H13NO. The van der Waals surface area contributed by atoms with Crippen molar-refractivity contribution in [3.63, 3.8) is 0 Å². The van der Waals surface area contributed by atoms with Gasteiger partial charge in [-0.15, -0.1) is 0 Å². The van der Waals surface area contributed by atoms with Crippen molar-refractivity contribution >= 4 is 16.7 Å². The van der Waals surface area contributed by atoms with Crippen molar-refractivity contribution in [1.29, 1.82) is 0 Å². The van der Waals surface area contributed by atoms with E-state index in [1.165, 1.54) is 5.56 Å². The van der Waals surface area contributed by atoms with Crippen molar-refractivity contribution in [3.05, 3.63) is 35.5 Å². The lowest BCUT2D eigenvalue weighted by Gasteiger charge is -1.96. The van der Waals surface area contributed by atoms with Crippen LogP contribution in [0.5, 0.6) is 0 Å². The van der Waals surface area contributed by atoms with Gasteiger partial charge in [-0.3, -0.25) is 4.79 Å². The third-order valence-corrected chi connectivity index (χ3v) is 2.46. The Hall–Kier alpha value is -1.57. The molecule has 2 aromatic rings. The van der Waals surface area contributed by atoms with Gasteiger partial charge in [-0.2, -0.15) is 0 Å². The van der Waals surface area contributed by atoms with E-state index in [1.807, 2.05) is 26.0 Å². The zero-order chi connectivity index (χ0) is 10.1. The molecule has 0 fully saturated rings. The maximum absolute atomic E-state index is 11.6. The lowest BCUT2D eigenvalue weighted by atomic mass is 10.1. The number of carbonyl (C=O) groups is 1. The summed E-state index contributed by atoms with van der Waals surface area (Å²) in [5, 5.41) is 1.03. The molecule has 2 rings (SSSR count). The molecule has 72 valence electrons. The van der Waals surface area contributed by atoms with Crippen LogP contribution in [0.1, 0.15) is 29.3 Å². The topological polar surface area (TPSA) is 32.9 Å². The second kappa shape index (κ2) is 3.29. The number of carbonyl (C=O) groups excluding carboxylic acids is 1. The molecule has 0 spiro atoms. The van der Waals surface area contributed by atoms with Gasteiger partial charge in [0.1, 0.15) is 0 Å². The van der Waals surface area contributed by atoms with Crippen molar-refractivity contribution in [2.45, 2.75) is 20.3 Å². The van der Waals surface area contributed by atoms with Gasteiger partial charge in [-0.25, -0.2) is 0 Å². The van der Waals surface area contributed by atoms with E-state index in [-0.39, 0.29) is 5.78 Å².